The number of hydrogen-bond acceptors (Lipinski definition) is 5. The van der Waals surface area contributed by atoms with E-state index in [4.69, 9.17) is 5.26 Å². The molecule has 30 heavy (non-hydrogen) atoms. The minimum absolute atomic E-state index is 0.141. The summed E-state index contributed by atoms with van der Waals surface area (Å²) in [4.78, 5) is 50.2. The molecule has 0 atom stereocenters. The molecule has 3 rings (SSSR count). The van der Waals surface area contributed by atoms with Crippen molar-refractivity contribution in [3.63, 3.8) is 0 Å². The van der Waals surface area contributed by atoms with Crippen LogP contribution in [0.2, 0.25) is 0 Å². The summed E-state index contributed by atoms with van der Waals surface area (Å²) in [5, 5.41) is 13.8. The number of carbonyl (C=O) groups is 4. The van der Waals surface area contributed by atoms with Gasteiger partial charge < -0.3 is 10.6 Å². The van der Waals surface area contributed by atoms with Gasteiger partial charge in [0.15, 0.2) is 0 Å². The molecule has 0 saturated heterocycles. The fraction of sp³-hybridized carbons (Fsp3) is 0.227. The van der Waals surface area contributed by atoms with Gasteiger partial charge in [-0.25, -0.2) is 0 Å². The molecule has 0 saturated carbocycles. The van der Waals surface area contributed by atoms with Crippen molar-refractivity contribution in [3.8, 4) is 6.07 Å². The molecule has 0 fully saturated rings. The van der Waals surface area contributed by atoms with Crippen molar-refractivity contribution < 1.29 is 19.2 Å². The predicted octanol–water partition coefficient (Wildman–Crippen LogP) is 3.04. The van der Waals surface area contributed by atoms with Gasteiger partial charge in [-0.1, -0.05) is 13.8 Å². The van der Waals surface area contributed by atoms with Gasteiger partial charge in [-0.2, -0.15) is 5.26 Å². The van der Waals surface area contributed by atoms with Crippen molar-refractivity contribution in [1.29, 1.82) is 5.26 Å². The number of anilines is 2. The number of nitriles is 1. The van der Waals surface area contributed by atoms with E-state index in [2.05, 4.69) is 10.6 Å². The Labute approximate surface area is 173 Å². The van der Waals surface area contributed by atoms with Gasteiger partial charge in [-0.15, -0.1) is 0 Å². The van der Waals surface area contributed by atoms with E-state index >= 15 is 0 Å². The molecule has 0 aromatic heterocycles. The second-order valence-corrected chi connectivity index (χ2v) is 7.29. The molecule has 0 aliphatic carbocycles. The summed E-state index contributed by atoms with van der Waals surface area (Å²) in [6, 6.07) is 12.6. The number of imide groups is 1. The Balaban J connectivity index is 1.71. The lowest BCUT2D eigenvalue weighted by Crippen LogP contribution is -2.33. The lowest BCUT2D eigenvalue weighted by Gasteiger charge is -2.15. The van der Waals surface area contributed by atoms with Crippen molar-refractivity contribution in [2.24, 2.45) is 5.92 Å². The van der Waals surface area contributed by atoms with Crippen LogP contribution in [0.25, 0.3) is 0 Å². The van der Waals surface area contributed by atoms with Crippen molar-refractivity contribution >= 4 is 35.0 Å². The molecular weight excluding hydrogens is 384 g/mol. The molecule has 4 amide bonds. The van der Waals surface area contributed by atoms with Gasteiger partial charge in [0.1, 0.15) is 6.42 Å². The van der Waals surface area contributed by atoms with E-state index < -0.39 is 17.7 Å². The van der Waals surface area contributed by atoms with E-state index in [1.54, 1.807) is 30.3 Å². The van der Waals surface area contributed by atoms with Gasteiger partial charge in [0.25, 0.3) is 17.7 Å². The van der Waals surface area contributed by atoms with E-state index in [-0.39, 0.29) is 29.4 Å². The highest BCUT2D eigenvalue weighted by Crippen LogP contribution is 2.25. The number of carbonyl (C=O) groups excluding carboxylic acids is 4. The fourth-order valence-corrected chi connectivity index (χ4v) is 3.08. The van der Waals surface area contributed by atoms with Crippen LogP contribution in [-0.4, -0.2) is 35.1 Å². The molecule has 0 bridgehead atoms. The Morgan fingerprint density at radius 2 is 1.57 bits per heavy atom. The quantitative estimate of drug-likeness (QED) is 0.717. The van der Waals surface area contributed by atoms with E-state index in [0.29, 0.717) is 23.5 Å². The Bertz CT molecular complexity index is 1070. The van der Waals surface area contributed by atoms with Gasteiger partial charge in [0, 0.05) is 23.5 Å². The molecule has 1 aliphatic rings. The summed E-state index contributed by atoms with van der Waals surface area (Å²) in [5.41, 5.74) is 1.77. The first kappa shape index (κ1) is 20.7. The molecule has 8 heteroatoms. The first-order chi connectivity index (χ1) is 14.3. The summed E-state index contributed by atoms with van der Waals surface area (Å²) in [7, 11) is 0. The summed E-state index contributed by atoms with van der Waals surface area (Å²) in [5.74, 6) is -1.44. The van der Waals surface area contributed by atoms with Gasteiger partial charge in [-0.3, -0.25) is 24.1 Å². The van der Waals surface area contributed by atoms with Crippen LogP contribution >= 0.6 is 0 Å². The third-order valence-corrected chi connectivity index (χ3v) is 4.45. The Hall–Kier alpha value is -3.99. The molecule has 152 valence electrons. The predicted molar refractivity (Wildman–Crippen MR) is 110 cm³/mol. The zero-order valence-corrected chi connectivity index (χ0v) is 16.6. The lowest BCUT2D eigenvalue weighted by molar-refractivity contribution is -0.115. The van der Waals surface area contributed by atoms with Crippen LogP contribution in [0.4, 0.5) is 11.4 Å². The van der Waals surface area contributed by atoms with E-state index in [9.17, 15) is 19.2 Å². The maximum absolute atomic E-state index is 12.6. The van der Waals surface area contributed by atoms with Crippen LogP contribution in [0, 0.1) is 17.2 Å². The zero-order chi connectivity index (χ0) is 21.8. The average molecular weight is 404 g/mol. The lowest BCUT2D eigenvalue weighted by atomic mass is 10.1. The molecule has 2 N–H and O–H groups in total. The van der Waals surface area contributed by atoms with Crippen molar-refractivity contribution in [3.05, 3.63) is 59.2 Å². The van der Waals surface area contributed by atoms with Gasteiger partial charge in [0.05, 0.1) is 17.2 Å². The number of amides is 4. The number of benzene rings is 2. The van der Waals surface area contributed by atoms with Crippen LogP contribution in [0.1, 0.15) is 51.3 Å². The highest BCUT2D eigenvalue weighted by molar-refractivity contribution is 6.22. The van der Waals surface area contributed by atoms with Gasteiger partial charge >= 0.3 is 0 Å². The molecule has 2 aromatic carbocycles. The molecule has 1 aliphatic heterocycles. The summed E-state index contributed by atoms with van der Waals surface area (Å²) < 4.78 is 0. The van der Waals surface area contributed by atoms with E-state index in [1.165, 1.54) is 23.1 Å². The summed E-state index contributed by atoms with van der Waals surface area (Å²) in [6.07, 6.45) is -0.243. The normalized spacial score (nSPS) is 12.5. The maximum atomic E-state index is 12.6. The number of fused-ring (bicyclic) bond motifs is 1. The van der Waals surface area contributed by atoms with Gasteiger partial charge in [-0.05, 0) is 48.4 Å². The zero-order valence-electron chi connectivity index (χ0n) is 16.6. The minimum Gasteiger partial charge on any atom is -0.325 e. The van der Waals surface area contributed by atoms with Crippen molar-refractivity contribution in [2.45, 2.75) is 20.3 Å². The van der Waals surface area contributed by atoms with Crippen LogP contribution < -0.4 is 10.6 Å². The third kappa shape index (κ3) is 4.36. The van der Waals surface area contributed by atoms with Crippen molar-refractivity contribution in [2.75, 3.05) is 17.2 Å². The third-order valence-electron chi connectivity index (χ3n) is 4.45. The highest BCUT2D eigenvalue weighted by atomic mass is 16.2. The number of rotatable bonds is 6. The largest absolute Gasteiger partial charge is 0.325 e. The van der Waals surface area contributed by atoms with Crippen LogP contribution in [-0.2, 0) is 4.79 Å². The Morgan fingerprint density at radius 3 is 2.17 bits per heavy atom. The second kappa shape index (κ2) is 8.57. The molecule has 1 heterocycles. The van der Waals surface area contributed by atoms with Gasteiger partial charge in [0.2, 0.25) is 5.91 Å². The van der Waals surface area contributed by atoms with Crippen LogP contribution in [0.3, 0.4) is 0 Å². The van der Waals surface area contributed by atoms with Crippen LogP contribution in [0.5, 0.6) is 0 Å². The Morgan fingerprint density at radius 1 is 0.967 bits per heavy atom. The average Bonchev–Trinajstić information content (AvgIpc) is 2.93. The first-order valence-electron chi connectivity index (χ1n) is 9.38. The molecule has 8 nitrogen and oxygen atoms in total. The molecule has 0 unspecified atom stereocenters. The minimum atomic E-state index is -0.429. The summed E-state index contributed by atoms with van der Waals surface area (Å²) in [6.45, 7) is 4.16. The summed E-state index contributed by atoms with van der Waals surface area (Å²) >= 11 is 0. The highest BCUT2D eigenvalue weighted by Gasteiger charge is 2.36. The van der Waals surface area contributed by atoms with E-state index in [1.807, 2.05) is 13.8 Å². The Kier molecular flexibility index (Phi) is 5.93. The molecule has 2 aromatic rings. The number of nitrogens with zero attached hydrogens (tertiary/aromatic N) is 2. The molecule has 0 radical (unpaired) electrons. The standard InChI is InChI=1S/C22H20N4O4/c1-13(2)12-26-21(29)17-8-3-14(11-18(17)22(26)30)20(28)25-16-6-4-15(5-7-16)24-19(27)9-10-23/h3-8,11,13H,9,12H2,1-2H3,(H,24,27)(H,25,28). The number of hydrogen-bond donors (Lipinski definition) is 2. The topological polar surface area (TPSA) is 119 Å². The fourth-order valence-electron chi connectivity index (χ4n) is 3.08. The van der Waals surface area contributed by atoms with Crippen LogP contribution in [0.15, 0.2) is 42.5 Å². The second-order valence-electron chi connectivity index (χ2n) is 7.29. The van der Waals surface area contributed by atoms with E-state index in [0.717, 1.165) is 0 Å². The smallest absolute Gasteiger partial charge is 0.261 e. The monoisotopic (exact) mass is 404 g/mol. The number of nitrogens with one attached hydrogen (secondary N) is 2. The molecule has 0 spiro atoms. The SMILES string of the molecule is CC(C)CN1C(=O)c2ccc(C(=O)Nc3ccc(NC(=O)CC#N)cc3)cc2C1=O. The maximum Gasteiger partial charge on any atom is 0.261 e. The van der Waals surface area contributed by atoms with Crippen molar-refractivity contribution in [1.82, 2.24) is 4.90 Å². The molecular formula is C22H20N4O4. The first-order valence-corrected chi connectivity index (χ1v) is 9.38.